The van der Waals surface area contributed by atoms with E-state index in [0.29, 0.717) is 34.4 Å². The largest absolute Gasteiger partial charge is 0.355 e. The molecule has 2 aromatic rings. The summed E-state index contributed by atoms with van der Waals surface area (Å²) in [6.45, 7) is 2.26. The third kappa shape index (κ3) is 4.20. The molecule has 10 heteroatoms. The number of aromatic nitrogens is 2. The number of carbonyl (C=O) groups is 1. The number of halogens is 2. The zero-order chi connectivity index (χ0) is 20.5. The normalized spacial score (nSPS) is 18.2. The smallest absolute Gasteiger partial charge is 0.244 e. The summed E-state index contributed by atoms with van der Waals surface area (Å²) in [5, 5.41) is 7.85. The fourth-order valence-corrected chi connectivity index (χ4v) is 5.26. The second kappa shape index (κ2) is 8.41. The summed E-state index contributed by atoms with van der Waals surface area (Å²) in [7, 11) is -2.28. The third-order valence-electron chi connectivity index (χ3n) is 4.86. The summed E-state index contributed by atoms with van der Waals surface area (Å²) in [6.07, 6.45) is 2.00. The predicted octanol–water partition coefficient (Wildman–Crippen LogP) is 2.89. The lowest BCUT2D eigenvalue weighted by atomic mass is 10.1. The van der Waals surface area contributed by atoms with Gasteiger partial charge < -0.3 is 5.32 Å². The fourth-order valence-electron chi connectivity index (χ4n) is 3.31. The van der Waals surface area contributed by atoms with Crippen molar-refractivity contribution in [2.24, 2.45) is 7.05 Å². The molecule has 1 atom stereocenters. The van der Waals surface area contributed by atoms with Gasteiger partial charge in [-0.3, -0.25) is 9.48 Å². The minimum Gasteiger partial charge on any atom is -0.355 e. The van der Waals surface area contributed by atoms with E-state index in [-0.39, 0.29) is 17.3 Å². The molecule has 1 aliphatic rings. The van der Waals surface area contributed by atoms with E-state index in [2.05, 4.69) is 10.4 Å². The van der Waals surface area contributed by atoms with Crippen LogP contribution in [-0.4, -0.2) is 41.0 Å². The summed E-state index contributed by atoms with van der Waals surface area (Å²) < 4.78 is 29.7. The molecule has 1 N–H and O–H groups in total. The van der Waals surface area contributed by atoms with Gasteiger partial charge in [-0.2, -0.15) is 9.40 Å². The summed E-state index contributed by atoms with van der Waals surface area (Å²) in [5.74, 6) is -0.298. The van der Waals surface area contributed by atoms with Gasteiger partial charge in [0.2, 0.25) is 15.9 Å². The minimum absolute atomic E-state index is 0.0401. The van der Waals surface area contributed by atoms with Crippen molar-refractivity contribution in [3.63, 3.8) is 0 Å². The van der Waals surface area contributed by atoms with Crippen molar-refractivity contribution >= 4 is 39.1 Å². The molecule has 0 radical (unpaired) electrons. The molecule has 0 bridgehead atoms. The highest BCUT2D eigenvalue weighted by Crippen LogP contribution is 2.29. The summed E-state index contributed by atoms with van der Waals surface area (Å²) in [4.78, 5) is 12.7. The summed E-state index contributed by atoms with van der Waals surface area (Å²) in [5.41, 5.74) is 1.21. The molecule has 3 rings (SSSR count). The van der Waals surface area contributed by atoms with E-state index in [1.54, 1.807) is 14.0 Å². The second-order valence-corrected chi connectivity index (χ2v) is 9.47. The van der Waals surface area contributed by atoms with E-state index in [9.17, 15) is 13.2 Å². The number of rotatable bonds is 5. The Hall–Kier alpha value is -1.61. The van der Waals surface area contributed by atoms with E-state index < -0.39 is 16.1 Å². The van der Waals surface area contributed by atoms with Crippen LogP contribution in [0.4, 0.5) is 0 Å². The van der Waals surface area contributed by atoms with Gasteiger partial charge in [-0.25, -0.2) is 8.42 Å². The van der Waals surface area contributed by atoms with Crippen molar-refractivity contribution in [2.45, 2.75) is 43.7 Å². The number of amides is 1. The van der Waals surface area contributed by atoms with Crippen LogP contribution < -0.4 is 5.32 Å². The second-order valence-electron chi connectivity index (χ2n) is 6.79. The quantitative estimate of drug-likeness (QED) is 0.767. The minimum atomic E-state index is -3.97. The Morgan fingerprint density at radius 1 is 1.25 bits per heavy atom. The van der Waals surface area contributed by atoms with Gasteiger partial charge in [0, 0.05) is 30.7 Å². The van der Waals surface area contributed by atoms with Gasteiger partial charge >= 0.3 is 0 Å². The number of sulfonamides is 1. The molecule has 1 saturated heterocycles. The molecule has 0 spiro atoms. The molecular formula is C18H22Cl2N4O3S. The van der Waals surface area contributed by atoms with Crippen LogP contribution in [0.15, 0.2) is 29.2 Å². The molecule has 0 aliphatic carbocycles. The SMILES string of the molecule is Cc1nn(C)c(Cl)c1CN([C@@H]1CCCCNC1=O)S(=O)(=O)c1ccc(Cl)cc1. The Kier molecular flexibility index (Phi) is 6.34. The van der Waals surface area contributed by atoms with E-state index in [0.717, 1.165) is 12.8 Å². The summed E-state index contributed by atoms with van der Waals surface area (Å²) in [6, 6.07) is 5.09. The van der Waals surface area contributed by atoms with Crippen LogP contribution in [0.1, 0.15) is 30.5 Å². The third-order valence-corrected chi connectivity index (χ3v) is 7.45. The van der Waals surface area contributed by atoms with Crippen LogP contribution in [0.2, 0.25) is 10.2 Å². The first-order valence-electron chi connectivity index (χ1n) is 8.95. The number of benzene rings is 1. The lowest BCUT2D eigenvalue weighted by Crippen LogP contribution is -2.48. The topological polar surface area (TPSA) is 84.3 Å². The molecule has 2 heterocycles. The maximum absolute atomic E-state index is 13.5. The number of nitrogens with zero attached hydrogens (tertiary/aromatic N) is 3. The molecule has 1 aromatic heterocycles. The Labute approximate surface area is 174 Å². The van der Waals surface area contributed by atoms with Gasteiger partial charge in [0.05, 0.1) is 10.6 Å². The Morgan fingerprint density at radius 3 is 2.54 bits per heavy atom. The van der Waals surface area contributed by atoms with Crippen molar-refractivity contribution < 1.29 is 13.2 Å². The standard InChI is InChI=1S/C18H22Cl2N4O3S/c1-12-15(17(20)23(2)22-12)11-24(16-5-3-4-10-21-18(16)25)28(26,27)14-8-6-13(19)7-9-14/h6-9,16H,3-5,10-11H2,1-2H3,(H,21,25)/t16-/m1/s1. The van der Waals surface area contributed by atoms with Gasteiger partial charge in [0.1, 0.15) is 11.2 Å². The Bertz CT molecular complexity index is 973. The molecule has 1 aromatic carbocycles. The van der Waals surface area contributed by atoms with Crippen molar-refractivity contribution in [3.05, 3.63) is 45.7 Å². The van der Waals surface area contributed by atoms with Crippen molar-refractivity contribution in [1.29, 1.82) is 0 Å². The highest BCUT2D eigenvalue weighted by atomic mass is 35.5. The molecule has 152 valence electrons. The fraction of sp³-hybridized carbons (Fsp3) is 0.444. The number of carbonyl (C=O) groups excluding carboxylic acids is 1. The van der Waals surface area contributed by atoms with Crippen LogP contribution in [0.5, 0.6) is 0 Å². The molecule has 0 unspecified atom stereocenters. The van der Waals surface area contributed by atoms with Gasteiger partial charge in [-0.1, -0.05) is 23.2 Å². The van der Waals surface area contributed by atoms with Gasteiger partial charge in [-0.15, -0.1) is 0 Å². The van der Waals surface area contributed by atoms with Gasteiger partial charge in [0.25, 0.3) is 0 Å². The first-order chi connectivity index (χ1) is 13.2. The van der Waals surface area contributed by atoms with E-state index in [1.807, 2.05) is 0 Å². The van der Waals surface area contributed by atoms with E-state index >= 15 is 0 Å². The predicted molar refractivity (Wildman–Crippen MR) is 108 cm³/mol. The first-order valence-corrected chi connectivity index (χ1v) is 11.1. The van der Waals surface area contributed by atoms with Gasteiger partial charge in [-0.05, 0) is 50.5 Å². The highest BCUT2D eigenvalue weighted by molar-refractivity contribution is 7.89. The Balaban J connectivity index is 2.07. The molecular weight excluding hydrogens is 423 g/mol. The molecule has 1 fully saturated rings. The maximum Gasteiger partial charge on any atom is 0.244 e. The van der Waals surface area contributed by atoms with Crippen molar-refractivity contribution in [3.8, 4) is 0 Å². The zero-order valence-electron chi connectivity index (χ0n) is 15.7. The number of aryl methyl sites for hydroxylation is 2. The molecule has 0 saturated carbocycles. The number of hydrogen-bond donors (Lipinski definition) is 1. The lowest BCUT2D eigenvalue weighted by Gasteiger charge is -2.29. The van der Waals surface area contributed by atoms with E-state index in [1.165, 1.54) is 33.3 Å². The first kappa shape index (κ1) is 21.1. The highest BCUT2D eigenvalue weighted by Gasteiger charge is 2.37. The van der Waals surface area contributed by atoms with Crippen LogP contribution in [0.3, 0.4) is 0 Å². The number of nitrogens with one attached hydrogen (secondary N) is 1. The van der Waals surface area contributed by atoms with Gasteiger partial charge in [0.15, 0.2) is 0 Å². The molecule has 1 amide bonds. The summed E-state index contributed by atoms with van der Waals surface area (Å²) >= 11 is 12.3. The number of hydrogen-bond acceptors (Lipinski definition) is 4. The van der Waals surface area contributed by atoms with Crippen molar-refractivity contribution in [1.82, 2.24) is 19.4 Å². The average molecular weight is 445 g/mol. The Morgan fingerprint density at radius 2 is 1.93 bits per heavy atom. The van der Waals surface area contributed by atoms with Crippen LogP contribution in [0.25, 0.3) is 0 Å². The lowest BCUT2D eigenvalue weighted by molar-refractivity contribution is -0.124. The average Bonchev–Trinajstić information content (AvgIpc) is 2.78. The molecule has 1 aliphatic heterocycles. The van der Waals surface area contributed by atoms with Crippen LogP contribution in [0, 0.1) is 6.92 Å². The van der Waals surface area contributed by atoms with Crippen LogP contribution >= 0.6 is 23.2 Å². The molecule has 28 heavy (non-hydrogen) atoms. The molecule has 7 nitrogen and oxygen atoms in total. The monoisotopic (exact) mass is 444 g/mol. The van der Waals surface area contributed by atoms with E-state index in [4.69, 9.17) is 23.2 Å². The zero-order valence-corrected chi connectivity index (χ0v) is 18.0. The van der Waals surface area contributed by atoms with Crippen molar-refractivity contribution in [2.75, 3.05) is 6.54 Å². The maximum atomic E-state index is 13.5. The van der Waals surface area contributed by atoms with Crippen LogP contribution in [-0.2, 0) is 28.4 Å².